The molecule has 0 atom stereocenters. The van der Waals surface area contributed by atoms with Crippen molar-refractivity contribution in [2.45, 2.75) is 19.3 Å². The molecular formula is C38H26N2S. The molecule has 0 spiro atoms. The summed E-state index contributed by atoms with van der Waals surface area (Å²) in [5.41, 5.74) is 11.3. The second kappa shape index (κ2) is 8.15. The second-order valence-corrected chi connectivity index (χ2v) is 12.6. The summed E-state index contributed by atoms with van der Waals surface area (Å²) < 4.78 is 3.70. The van der Waals surface area contributed by atoms with Crippen molar-refractivity contribution in [2.75, 3.05) is 0 Å². The highest BCUT2D eigenvalue weighted by molar-refractivity contribution is 7.21. The number of rotatable bonds is 2. The van der Waals surface area contributed by atoms with E-state index in [-0.39, 0.29) is 5.41 Å². The predicted molar refractivity (Wildman–Crippen MR) is 174 cm³/mol. The highest BCUT2D eigenvalue weighted by atomic mass is 32.1. The van der Waals surface area contributed by atoms with Crippen LogP contribution in [0.1, 0.15) is 25.0 Å². The molecule has 2 nitrogen and oxygen atoms in total. The van der Waals surface area contributed by atoms with Crippen LogP contribution in [0.2, 0.25) is 0 Å². The van der Waals surface area contributed by atoms with E-state index in [1.807, 2.05) is 0 Å². The number of fused-ring (bicyclic) bond motifs is 7. The Bertz CT molecular complexity index is 2300. The van der Waals surface area contributed by atoms with E-state index in [2.05, 4.69) is 140 Å². The van der Waals surface area contributed by atoms with Crippen molar-refractivity contribution in [3.63, 3.8) is 0 Å². The SMILES string of the molecule is CC1(C)c2ccccc2-c2c3c1cccc3cc1c3ccccc3n(-c3ccc(-c4nc5ccccc5s4)cc3)c21. The Kier molecular flexibility index (Phi) is 4.58. The van der Waals surface area contributed by atoms with Gasteiger partial charge in [0.1, 0.15) is 5.01 Å². The number of hydrogen-bond donors (Lipinski definition) is 0. The van der Waals surface area contributed by atoms with Crippen LogP contribution in [-0.2, 0) is 5.41 Å². The van der Waals surface area contributed by atoms with Crippen molar-refractivity contribution in [3.8, 4) is 27.4 Å². The zero-order valence-corrected chi connectivity index (χ0v) is 23.7. The largest absolute Gasteiger partial charge is 0.309 e. The third-order valence-electron chi connectivity index (χ3n) is 9.01. The highest BCUT2D eigenvalue weighted by Gasteiger charge is 2.35. The molecule has 0 radical (unpaired) electrons. The zero-order chi connectivity index (χ0) is 27.3. The standard InChI is InChI=1S/C38H26N2S/c1-38(2)29-13-5-3-12-27(29)35-34-24(10-9-14-30(34)38)22-28-26-11-4-7-16-32(26)40(36(28)35)25-20-18-23(19-21-25)37-39-31-15-6-8-17-33(31)41-37/h3-22H,1-2H3. The summed E-state index contributed by atoms with van der Waals surface area (Å²) in [5, 5.41) is 6.32. The fourth-order valence-electron chi connectivity index (χ4n) is 7.09. The van der Waals surface area contributed by atoms with Crippen LogP contribution < -0.4 is 0 Å². The Hall–Kier alpha value is -4.73. The molecule has 2 aromatic heterocycles. The molecule has 0 aliphatic heterocycles. The van der Waals surface area contributed by atoms with Gasteiger partial charge in [-0.25, -0.2) is 4.98 Å². The first kappa shape index (κ1) is 23.0. The van der Waals surface area contributed by atoms with Crippen LogP contribution in [0.3, 0.4) is 0 Å². The molecular weight excluding hydrogens is 516 g/mol. The van der Waals surface area contributed by atoms with Crippen LogP contribution >= 0.6 is 11.3 Å². The third-order valence-corrected chi connectivity index (χ3v) is 10.1. The normalized spacial score (nSPS) is 13.8. The Balaban J connectivity index is 1.38. The average molecular weight is 543 g/mol. The second-order valence-electron chi connectivity index (χ2n) is 11.6. The maximum atomic E-state index is 4.90. The third kappa shape index (κ3) is 3.10. The minimum atomic E-state index is -0.0769. The molecule has 194 valence electrons. The summed E-state index contributed by atoms with van der Waals surface area (Å²) in [6.45, 7) is 4.73. The van der Waals surface area contributed by atoms with E-state index < -0.39 is 0 Å². The van der Waals surface area contributed by atoms with E-state index >= 15 is 0 Å². The van der Waals surface area contributed by atoms with Gasteiger partial charge in [0, 0.05) is 33.0 Å². The molecule has 0 fully saturated rings. The van der Waals surface area contributed by atoms with Gasteiger partial charge in [0.15, 0.2) is 0 Å². The van der Waals surface area contributed by atoms with Crippen molar-refractivity contribution < 1.29 is 0 Å². The van der Waals surface area contributed by atoms with E-state index in [1.54, 1.807) is 11.3 Å². The maximum absolute atomic E-state index is 4.90. The van der Waals surface area contributed by atoms with Crippen molar-refractivity contribution in [2.24, 2.45) is 0 Å². The van der Waals surface area contributed by atoms with Crippen molar-refractivity contribution in [1.82, 2.24) is 9.55 Å². The van der Waals surface area contributed by atoms with Crippen molar-refractivity contribution in [3.05, 3.63) is 132 Å². The molecule has 0 saturated heterocycles. The lowest BCUT2D eigenvalue weighted by Crippen LogP contribution is -2.23. The van der Waals surface area contributed by atoms with Crippen LogP contribution in [0.4, 0.5) is 0 Å². The van der Waals surface area contributed by atoms with Gasteiger partial charge < -0.3 is 4.57 Å². The van der Waals surface area contributed by atoms with Crippen molar-refractivity contribution in [1.29, 1.82) is 0 Å². The van der Waals surface area contributed by atoms with E-state index in [1.165, 1.54) is 59.5 Å². The van der Waals surface area contributed by atoms with Crippen LogP contribution in [0.15, 0.2) is 121 Å². The molecule has 0 unspecified atom stereocenters. The van der Waals surface area contributed by atoms with Gasteiger partial charge in [0.2, 0.25) is 0 Å². The Morgan fingerprint density at radius 2 is 1.44 bits per heavy atom. The van der Waals surface area contributed by atoms with Crippen LogP contribution in [-0.4, -0.2) is 9.55 Å². The van der Waals surface area contributed by atoms with E-state index in [0.29, 0.717) is 0 Å². The molecule has 1 aliphatic rings. The predicted octanol–water partition coefficient (Wildman–Crippen LogP) is 10.5. The molecule has 9 rings (SSSR count). The molecule has 0 N–H and O–H groups in total. The first-order valence-corrected chi connectivity index (χ1v) is 15.0. The van der Waals surface area contributed by atoms with Gasteiger partial charge in [-0.3, -0.25) is 0 Å². The summed E-state index contributed by atoms with van der Waals surface area (Å²) in [5.74, 6) is 0. The summed E-state index contributed by atoms with van der Waals surface area (Å²) >= 11 is 1.75. The molecule has 0 bridgehead atoms. The Morgan fingerprint density at radius 3 is 2.32 bits per heavy atom. The van der Waals surface area contributed by atoms with Gasteiger partial charge in [-0.2, -0.15) is 0 Å². The summed E-state index contributed by atoms with van der Waals surface area (Å²) in [7, 11) is 0. The summed E-state index contributed by atoms with van der Waals surface area (Å²) in [4.78, 5) is 4.90. The minimum absolute atomic E-state index is 0.0769. The molecule has 2 heterocycles. The molecule has 0 amide bonds. The Morgan fingerprint density at radius 1 is 0.683 bits per heavy atom. The first-order valence-electron chi connectivity index (χ1n) is 14.2. The highest BCUT2D eigenvalue weighted by Crippen LogP contribution is 2.52. The first-order chi connectivity index (χ1) is 20.1. The number of benzene rings is 6. The van der Waals surface area contributed by atoms with Crippen LogP contribution in [0, 0.1) is 0 Å². The molecule has 41 heavy (non-hydrogen) atoms. The lowest BCUT2D eigenvalue weighted by molar-refractivity contribution is 0.645. The molecule has 8 aromatic rings. The van der Waals surface area contributed by atoms with Crippen LogP contribution in [0.25, 0.3) is 70.2 Å². The Labute approximate surface area is 242 Å². The molecule has 6 aromatic carbocycles. The number of para-hydroxylation sites is 2. The maximum Gasteiger partial charge on any atom is 0.124 e. The lowest BCUT2D eigenvalue weighted by Gasteiger charge is -2.35. The van der Waals surface area contributed by atoms with Gasteiger partial charge in [-0.15, -0.1) is 11.3 Å². The van der Waals surface area contributed by atoms with Crippen LogP contribution in [0.5, 0.6) is 0 Å². The number of hydrogen-bond acceptors (Lipinski definition) is 2. The number of nitrogens with zero attached hydrogens (tertiary/aromatic N) is 2. The quantitative estimate of drug-likeness (QED) is 0.212. The van der Waals surface area contributed by atoms with Gasteiger partial charge in [-0.05, 0) is 76.0 Å². The molecule has 1 aliphatic carbocycles. The minimum Gasteiger partial charge on any atom is -0.309 e. The topological polar surface area (TPSA) is 17.8 Å². The number of thiazole rings is 1. The smallest absolute Gasteiger partial charge is 0.124 e. The monoisotopic (exact) mass is 542 g/mol. The van der Waals surface area contributed by atoms with Gasteiger partial charge >= 0.3 is 0 Å². The van der Waals surface area contributed by atoms with E-state index in [0.717, 1.165) is 21.8 Å². The van der Waals surface area contributed by atoms with Gasteiger partial charge in [0.25, 0.3) is 0 Å². The molecule has 3 heteroatoms. The van der Waals surface area contributed by atoms with E-state index in [9.17, 15) is 0 Å². The van der Waals surface area contributed by atoms with Gasteiger partial charge in [0.05, 0.1) is 21.3 Å². The zero-order valence-electron chi connectivity index (χ0n) is 22.8. The van der Waals surface area contributed by atoms with Crippen molar-refractivity contribution >= 4 is 54.1 Å². The summed E-state index contributed by atoms with van der Waals surface area (Å²) in [6.07, 6.45) is 0. The fraction of sp³-hybridized carbons (Fsp3) is 0.0789. The van der Waals surface area contributed by atoms with Gasteiger partial charge in [-0.1, -0.05) is 86.6 Å². The fourth-order valence-corrected chi connectivity index (χ4v) is 8.06. The number of aromatic nitrogens is 2. The van der Waals surface area contributed by atoms with E-state index in [4.69, 9.17) is 4.98 Å². The summed E-state index contributed by atoms with van der Waals surface area (Å²) in [6, 6.07) is 44.4. The molecule has 0 saturated carbocycles. The average Bonchev–Trinajstić information content (AvgIpc) is 3.59. The lowest BCUT2D eigenvalue weighted by atomic mass is 9.68.